The number of benzene rings is 1. The monoisotopic (exact) mass is 338 g/mol. The zero-order valence-electron chi connectivity index (χ0n) is 14.5. The van der Waals surface area contributed by atoms with Gasteiger partial charge in [0.05, 0.1) is 18.1 Å². The number of carbonyl (C=O) groups is 2. The molecule has 0 fully saturated rings. The van der Waals surface area contributed by atoms with Gasteiger partial charge in [0.2, 0.25) is 5.43 Å². The largest absolute Gasteiger partial charge is 0.465 e. The first-order valence-electron chi connectivity index (χ1n) is 7.75. The zero-order chi connectivity index (χ0) is 18.3. The van der Waals surface area contributed by atoms with Crippen LogP contribution in [0.1, 0.15) is 12.6 Å². The van der Waals surface area contributed by atoms with Crippen molar-refractivity contribution in [2.24, 2.45) is 14.1 Å². The Bertz CT molecular complexity index is 1120. The summed E-state index contributed by atoms with van der Waals surface area (Å²) < 4.78 is 8.32. The fourth-order valence-corrected chi connectivity index (χ4v) is 3.12. The average Bonchev–Trinajstić information content (AvgIpc) is 2.90. The number of ketones is 1. The fraction of sp³-hybridized carbons (Fsp3) is 0.211. The highest BCUT2D eigenvalue weighted by atomic mass is 16.5. The van der Waals surface area contributed by atoms with Crippen LogP contribution in [0.4, 0.5) is 0 Å². The van der Waals surface area contributed by atoms with E-state index in [1.54, 1.807) is 7.05 Å². The lowest BCUT2D eigenvalue weighted by atomic mass is 10.1. The summed E-state index contributed by atoms with van der Waals surface area (Å²) in [5.41, 5.74) is 2.45. The second-order valence-corrected chi connectivity index (χ2v) is 5.87. The molecule has 2 heterocycles. The quantitative estimate of drug-likeness (QED) is 0.318. The maximum absolute atomic E-state index is 12.7. The summed E-state index contributed by atoms with van der Waals surface area (Å²) in [6, 6.07) is 9.13. The summed E-state index contributed by atoms with van der Waals surface area (Å²) in [5.74, 6) is -1.14. The topological polar surface area (TPSA) is 70.3 Å². The molecule has 0 aliphatic heterocycles. The number of methoxy groups -OCH3 is 1. The van der Waals surface area contributed by atoms with E-state index < -0.39 is 11.8 Å². The van der Waals surface area contributed by atoms with Crippen molar-refractivity contribution in [2.75, 3.05) is 7.11 Å². The molecule has 128 valence electrons. The number of aromatic nitrogens is 2. The lowest BCUT2D eigenvalue weighted by Gasteiger charge is -2.09. The number of esters is 1. The summed E-state index contributed by atoms with van der Waals surface area (Å²) in [6.45, 7) is 1.29. The van der Waals surface area contributed by atoms with E-state index in [1.807, 2.05) is 40.4 Å². The third-order valence-corrected chi connectivity index (χ3v) is 4.39. The molecule has 0 N–H and O–H groups in total. The molecule has 25 heavy (non-hydrogen) atoms. The molecule has 2 aromatic heterocycles. The molecule has 0 saturated carbocycles. The number of hydrogen-bond donors (Lipinski definition) is 0. The third-order valence-electron chi connectivity index (χ3n) is 4.39. The smallest absolute Gasteiger partial charge is 0.341 e. The van der Waals surface area contributed by atoms with Crippen LogP contribution in [0.15, 0.2) is 40.7 Å². The Labute approximate surface area is 143 Å². The Balaban J connectivity index is 2.41. The summed E-state index contributed by atoms with van der Waals surface area (Å²) in [7, 11) is 4.86. The maximum atomic E-state index is 12.7. The Kier molecular flexibility index (Phi) is 4.04. The Morgan fingerprint density at radius 2 is 1.76 bits per heavy atom. The van der Waals surface area contributed by atoms with E-state index in [0.29, 0.717) is 11.2 Å². The van der Waals surface area contributed by atoms with Crippen molar-refractivity contribution in [2.45, 2.75) is 6.92 Å². The number of Topliss-reactive ketones (excluding diaryl/α,β-unsaturated/α-hetero) is 1. The molecule has 3 aromatic rings. The number of ether oxygens (including phenoxy) is 1. The Morgan fingerprint density at radius 1 is 1.08 bits per heavy atom. The van der Waals surface area contributed by atoms with E-state index in [1.165, 1.54) is 26.2 Å². The number of aryl methyl sites for hydroxylation is 2. The van der Waals surface area contributed by atoms with Gasteiger partial charge in [0.1, 0.15) is 11.1 Å². The number of nitrogens with zero attached hydrogens (tertiary/aromatic N) is 2. The van der Waals surface area contributed by atoms with Gasteiger partial charge in [-0.15, -0.1) is 0 Å². The Morgan fingerprint density at radius 3 is 2.40 bits per heavy atom. The van der Waals surface area contributed by atoms with Gasteiger partial charge in [0.15, 0.2) is 5.78 Å². The fourth-order valence-electron chi connectivity index (χ4n) is 3.12. The minimum absolute atomic E-state index is 0.0999. The van der Waals surface area contributed by atoms with Crippen molar-refractivity contribution in [1.82, 2.24) is 9.13 Å². The minimum atomic E-state index is -0.724. The van der Waals surface area contributed by atoms with E-state index in [4.69, 9.17) is 0 Å². The van der Waals surface area contributed by atoms with Crippen LogP contribution in [0.5, 0.6) is 0 Å². The van der Waals surface area contributed by atoms with E-state index in [-0.39, 0.29) is 11.0 Å². The highest BCUT2D eigenvalue weighted by Gasteiger charge is 2.18. The van der Waals surface area contributed by atoms with E-state index >= 15 is 0 Å². The highest BCUT2D eigenvalue weighted by molar-refractivity contribution is 6.19. The van der Waals surface area contributed by atoms with Crippen LogP contribution in [0.3, 0.4) is 0 Å². The van der Waals surface area contributed by atoms with Gasteiger partial charge in [0, 0.05) is 31.2 Å². The minimum Gasteiger partial charge on any atom is -0.465 e. The average molecular weight is 338 g/mol. The molecule has 0 spiro atoms. The summed E-state index contributed by atoms with van der Waals surface area (Å²) >= 11 is 0. The van der Waals surface area contributed by atoms with Gasteiger partial charge < -0.3 is 13.9 Å². The van der Waals surface area contributed by atoms with Gasteiger partial charge in [-0.3, -0.25) is 9.59 Å². The highest BCUT2D eigenvalue weighted by Crippen LogP contribution is 2.26. The molecule has 0 aliphatic carbocycles. The van der Waals surface area contributed by atoms with E-state index in [9.17, 15) is 14.4 Å². The third kappa shape index (κ3) is 2.55. The number of para-hydroxylation sites is 1. The first-order chi connectivity index (χ1) is 11.9. The van der Waals surface area contributed by atoms with Crippen molar-refractivity contribution in [3.8, 4) is 0 Å². The number of pyridine rings is 1. The normalized spacial score (nSPS) is 11.9. The first-order valence-corrected chi connectivity index (χ1v) is 7.75. The lowest BCUT2D eigenvalue weighted by Crippen LogP contribution is -2.14. The molecule has 1 aromatic carbocycles. The zero-order valence-corrected chi connectivity index (χ0v) is 14.5. The predicted octanol–water partition coefficient (Wildman–Crippen LogP) is 2.18. The van der Waals surface area contributed by atoms with Crippen molar-refractivity contribution in [3.05, 3.63) is 51.8 Å². The number of fused-ring (bicyclic) bond motifs is 3. The molecule has 3 rings (SSSR count). The summed E-state index contributed by atoms with van der Waals surface area (Å²) in [5, 5.41) is 0.928. The molecule has 0 bridgehead atoms. The molecule has 0 atom stereocenters. The van der Waals surface area contributed by atoms with Crippen molar-refractivity contribution in [1.29, 1.82) is 0 Å². The van der Waals surface area contributed by atoms with Gasteiger partial charge >= 0.3 is 5.97 Å². The molecule has 6 nitrogen and oxygen atoms in total. The number of rotatable bonds is 3. The van der Waals surface area contributed by atoms with Crippen molar-refractivity contribution in [3.63, 3.8) is 0 Å². The molecular formula is C19H18N2O4. The second kappa shape index (κ2) is 6.05. The SMILES string of the molecule is COC(=O)/C(=C/c1cc(=O)c2c(c3ccccc3n2C)n1C)C(C)=O. The maximum Gasteiger partial charge on any atom is 0.341 e. The van der Waals surface area contributed by atoms with Crippen LogP contribution in [0, 0.1) is 0 Å². The second-order valence-electron chi connectivity index (χ2n) is 5.87. The van der Waals surface area contributed by atoms with Crippen LogP contribution in [0.2, 0.25) is 0 Å². The van der Waals surface area contributed by atoms with Crippen LogP contribution >= 0.6 is 0 Å². The molecule has 0 amide bonds. The van der Waals surface area contributed by atoms with E-state index in [2.05, 4.69) is 4.74 Å². The van der Waals surface area contributed by atoms with Gasteiger partial charge in [0.25, 0.3) is 0 Å². The lowest BCUT2D eigenvalue weighted by molar-refractivity contribution is -0.137. The van der Waals surface area contributed by atoms with Crippen LogP contribution in [-0.2, 0) is 28.4 Å². The van der Waals surface area contributed by atoms with Crippen molar-refractivity contribution < 1.29 is 14.3 Å². The standard InChI is InChI=1S/C19H18N2O4/c1-11(22)14(19(24)25-4)9-12-10-16(23)18-17(20(12)2)13-7-5-6-8-15(13)21(18)3/h5-10H,1-4H3/b14-9+. The molecule has 0 saturated heterocycles. The van der Waals surface area contributed by atoms with Gasteiger partial charge in [-0.25, -0.2) is 4.79 Å². The molecule has 0 aliphatic rings. The van der Waals surface area contributed by atoms with Crippen LogP contribution in [0.25, 0.3) is 28.0 Å². The number of hydrogen-bond acceptors (Lipinski definition) is 4. The molecular weight excluding hydrogens is 320 g/mol. The van der Waals surface area contributed by atoms with Gasteiger partial charge in [-0.1, -0.05) is 18.2 Å². The first kappa shape index (κ1) is 16.7. The van der Waals surface area contributed by atoms with Gasteiger partial charge in [-0.2, -0.15) is 0 Å². The summed E-state index contributed by atoms with van der Waals surface area (Å²) in [4.78, 5) is 36.3. The molecule has 0 unspecified atom stereocenters. The van der Waals surface area contributed by atoms with Crippen molar-refractivity contribution >= 4 is 39.8 Å². The van der Waals surface area contributed by atoms with Crippen LogP contribution in [-0.4, -0.2) is 28.0 Å². The predicted molar refractivity (Wildman–Crippen MR) is 96.3 cm³/mol. The molecule has 6 heteroatoms. The van der Waals surface area contributed by atoms with Gasteiger partial charge in [-0.05, 0) is 19.1 Å². The van der Waals surface area contributed by atoms with E-state index in [0.717, 1.165) is 16.4 Å². The Hall–Kier alpha value is -3.15. The van der Waals surface area contributed by atoms with Crippen LogP contribution < -0.4 is 5.43 Å². The molecule has 0 radical (unpaired) electrons. The summed E-state index contributed by atoms with van der Waals surface area (Å²) in [6.07, 6.45) is 1.40. The number of carbonyl (C=O) groups excluding carboxylic acids is 2.